The van der Waals surface area contributed by atoms with E-state index in [0.717, 1.165) is 44.9 Å². The highest BCUT2D eigenvalue weighted by molar-refractivity contribution is 5.76. The van der Waals surface area contributed by atoms with Gasteiger partial charge in [-0.3, -0.25) is 4.79 Å². The van der Waals surface area contributed by atoms with Crippen molar-refractivity contribution in [3.63, 3.8) is 0 Å². The van der Waals surface area contributed by atoms with Gasteiger partial charge in [0.1, 0.15) is 0 Å². The average Bonchev–Trinajstić information content (AvgIpc) is 2.92. The number of amides is 1. The van der Waals surface area contributed by atoms with Crippen LogP contribution in [0.1, 0.15) is 117 Å². The number of allylic oxidation sites excluding steroid dienone is 11. The number of aliphatic hydroxyl groups excluding tert-OH is 2. The molecule has 4 heteroatoms. The summed E-state index contributed by atoms with van der Waals surface area (Å²) >= 11 is 0. The minimum Gasteiger partial charge on any atom is -0.394 e. The first-order valence-electron chi connectivity index (χ1n) is 15.2. The van der Waals surface area contributed by atoms with E-state index in [1.54, 1.807) is 6.08 Å². The van der Waals surface area contributed by atoms with Gasteiger partial charge in [-0.15, -0.1) is 0 Å². The normalized spacial score (nSPS) is 14.3. The van der Waals surface area contributed by atoms with E-state index in [4.69, 9.17) is 0 Å². The Kier molecular flexibility index (Phi) is 27.7. The van der Waals surface area contributed by atoms with Crippen LogP contribution < -0.4 is 5.32 Å². The van der Waals surface area contributed by atoms with E-state index in [1.165, 1.54) is 44.9 Å². The summed E-state index contributed by atoms with van der Waals surface area (Å²) in [6.07, 6.45) is 41.3. The molecule has 0 aliphatic rings. The van der Waals surface area contributed by atoms with Crippen molar-refractivity contribution in [2.45, 2.75) is 129 Å². The second-order valence-electron chi connectivity index (χ2n) is 9.77. The second-order valence-corrected chi connectivity index (χ2v) is 9.77. The van der Waals surface area contributed by atoms with Crippen molar-refractivity contribution in [2.24, 2.45) is 0 Å². The molecule has 1 amide bonds. The van der Waals surface area contributed by atoms with Crippen LogP contribution in [0.25, 0.3) is 0 Å². The summed E-state index contributed by atoms with van der Waals surface area (Å²) < 4.78 is 0. The molecule has 0 fully saturated rings. The Hall–Kier alpha value is -2.17. The molecule has 0 saturated heterocycles. The SMILES string of the molecule is CC/C=C\C/C=C\C/C=C\C/C=C\CCC(=O)NC(CO)C(O)/C=C/CC/C=C/CCCCCCCCC. The van der Waals surface area contributed by atoms with Crippen molar-refractivity contribution in [1.29, 1.82) is 0 Å². The van der Waals surface area contributed by atoms with E-state index in [-0.39, 0.29) is 12.5 Å². The highest BCUT2D eigenvalue weighted by Crippen LogP contribution is 2.09. The maximum Gasteiger partial charge on any atom is 0.220 e. The molecule has 216 valence electrons. The summed E-state index contributed by atoms with van der Waals surface area (Å²) in [5, 5.41) is 22.6. The Morgan fingerprint density at radius 2 is 1.18 bits per heavy atom. The van der Waals surface area contributed by atoms with Crippen LogP contribution in [0.2, 0.25) is 0 Å². The number of hydrogen-bond donors (Lipinski definition) is 3. The fourth-order valence-electron chi connectivity index (χ4n) is 3.85. The van der Waals surface area contributed by atoms with Gasteiger partial charge in [0, 0.05) is 6.42 Å². The summed E-state index contributed by atoms with van der Waals surface area (Å²) in [6, 6.07) is -0.677. The van der Waals surface area contributed by atoms with Gasteiger partial charge in [-0.25, -0.2) is 0 Å². The minimum atomic E-state index is -0.891. The van der Waals surface area contributed by atoms with E-state index in [1.807, 2.05) is 12.2 Å². The van der Waals surface area contributed by atoms with E-state index in [0.29, 0.717) is 12.8 Å². The average molecular weight is 528 g/mol. The van der Waals surface area contributed by atoms with Crippen LogP contribution in [0, 0.1) is 0 Å². The van der Waals surface area contributed by atoms with Gasteiger partial charge in [-0.2, -0.15) is 0 Å². The Balaban J connectivity index is 3.91. The third kappa shape index (κ3) is 25.5. The van der Waals surface area contributed by atoms with Crippen molar-refractivity contribution in [1.82, 2.24) is 5.32 Å². The first-order valence-corrected chi connectivity index (χ1v) is 15.2. The van der Waals surface area contributed by atoms with Crippen LogP contribution in [0.4, 0.5) is 0 Å². The summed E-state index contributed by atoms with van der Waals surface area (Å²) in [5.41, 5.74) is 0. The molecule has 0 radical (unpaired) electrons. The molecule has 0 aromatic heterocycles. The fourth-order valence-corrected chi connectivity index (χ4v) is 3.85. The highest BCUT2D eigenvalue weighted by Gasteiger charge is 2.17. The number of nitrogens with one attached hydrogen (secondary N) is 1. The first-order chi connectivity index (χ1) is 18.7. The lowest BCUT2D eigenvalue weighted by molar-refractivity contribution is -0.122. The summed E-state index contributed by atoms with van der Waals surface area (Å²) in [6.45, 7) is 4.09. The molecule has 0 aromatic rings. The predicted molar refractivity (Wildman–Crippen MR) is 165 cm³/mol. The molecule has 2 atom stereocenters. The molecular formula is C34H57NO3. The number of carbonyl (C=O) groups excluding carboxylic acids is 1. The lowest BCUT2D eigenvalue weighted by atomic mass is 10.1. The summed E-state index contributed by atoms with van der Waals surface area (Å²) in [5.74, 6) is -0.160. The van der Waals surface area contributed by atoms with Crippen molar-refractivity contribution in [3.8, 4) is 0 Å². The maximum absolute atomic E-state index is 12.2. The third-order valence-electron chi connectivity index (χ3n) is 6.19. The Labute approximate surface area is 234 Å². The van der Waals surface area contributed by atoms with Gasteiger partial charge in [-0.1, -0.05) is 125 Å². The van der Waals surface area contributed by atoms with Crippen molar-refractivity contribution in [2.75, 3.05) is 6.61 Å². The van der Waals surface area contributed by atoms with Gasteiger partial charge in [0.25, 0.3) is 0 Å². The van der Waals surface area contributed by atoms with E-state index < -0.39 is 12.1 Å². The number of hydrogen-bond acceptors (Lipinski definition) is 3. The lowest BCUT2D eigenvalue weighted by Crippen LogP contribution is -2.45. The summed E-state index contributed by atoms with van der Waals surface area (Å²) in [7, 11) is 0. The van der Waals surface area contributed by atoms with Gasteiger partial charge in [0.05, 0.1) is 18.8 Å². The van der Waals surface area contributed by atoms with E-state index >= 15 is 0 Å². The monoisotopic (exact) mass is 527 g/mol. The van der Waals surface area contributed by atoms with Gasteiger partial charge < -0.3 is 15.5 Å². The zero-order valence-electron chi connectivity index (χ0n) is 24.4. The van der Waals surface area contributed by atoms with E-state index in [9.17, 15) is 15.0 Å². The first kappa shape index (κ1) is 35.8. The minimum absolute atomic E-state index is 0.160. The molecule has 0 aliphatic heterocycles. The third-order valence-corrected chi connectivity index (χ3v) is 6.19. The van der Waals surface area contributed by atoms with Crippen molar-refractivity contribution in [3.05, 3.63) is 72.9 Å². The van der Waals surface area contributed by atoms with Gasteiger partial charge in [0.15, 0.2) is 0 Å². The standard InChI is InChI=1S/C34H57NO3/c1-3-5-7-9-11-13-15-17-19-21-23-25-27-29-33(37)32(31-36)35-34(38)30-28-26-24-22-20-18-16-14-12-10-8-6-4-2/h6,8,12,14,18-21,24,26-27,29,32-33,36-37H,3-5,7,9-11,13,15-17,22-23,25,28,30-31H2,1-2H3,(H,35,38)/b8-6-,14-12-,20-18-,21-19+,26-24-,29-27+. The van der Waals surface area contributed by atoms with Gasteiger partial charge in [0.2, 0.25) is 5.91 Å². The number of aliphatic hydroxyl groups is 2. The van der Waals surface area contributed by atoms with Crippen LogP contribution in [0.5, 0.6) is 0 Å². The number of rotatable bonds is 25. The number of unbranched alkanes of at least 4 members (excludes halogenated alkanes) is 8. The zero-order chi connectivity index (χ0) is 27.9. The molecule has 0 spiro atoms. The predicted octanol–water partition coefficient (Wildman–Crippen LogP) is 8.44. The Bertz CT molecular complexity index is 703. The molecular weight excluding hydrogens is 470 g/mol. The maximum atomic E-state index is 12.2. The molecule has 0 aliphatic carbocycles. The van der Waals surface area contributed by atoms with Gasteiger partial charge >= 0.3 is 0 Å². The van der Waals surface area contributed by atoms with Gasteiger partial charge in [-0.05, 0) is 57.8 Å². The van der Waals surface area contributed by atoms with Crippen LogP contribution in [0.15, 0.2) is 72.9 Å². The Morgan fingerprint density at radius 1 is 0.658 bits per heavy atom. The zero-order valence-corrected chi connectivity index (χ0v) is 24.4. The molecule has 0 bridgehead atoms. The quantitative estimate of drug-likeness (QED) is 0.0824. The molecule has 0 aromatic carbocycles. The number of carbonyl (C=O) groups is 1. The summed E-state index contributed by atoms with van der Waals surface area (Å²) in [4.78, 5) is 12.2. The molecule has 38 heavy (non-hydrogen) atoms. The molecule has 2 unspecified atom stereocenters. The largest absolute Gasteiger partial charge is 0.394 e. The lowest BCUT2D eigenvalue weighted by Gasteiger charge is -2.19. The fraction of sp³-hybridized carbons (Fsp3) is 0.618. The van der Waals surface area contributed by atoms with Crippen LogP contribution in [0.3, 0.4) is 0 Å². The highest BCUT2D eigenvalue weighted by atomic mass is 16.3. The topological polar surface area (TPSA) is 69.6 Å². The molecule has 3 N–H and O–H groups in total. The van der Waals surface area contributed by atoms with Crippen LogP contribution in [-0.2, 0) is 4.79 Å². The van der Waals surface area contributed by atoms with Crippen LogP contribution >= 0.6 is 0 Å². The van der Waals surface area contributed by atoms with Crippen molar-refractivity contribution >= 4 is 5.91 Å². The molecule has 0 heterocycles. The molecule has 0 saturated carbocycles. The smallest absolute Gasteiger partial charge is 0.220 e. The Morgan fingerprint density at radius 3 is 1.82 bits per heavy atom. The van der Waals surface area contributed by atoms with Crippen LogP contribution in [-0.4, -0.2) is 34.9 Å². The molecule has 0 rings (SSSR count). The van der Waals surface area contributed by atoms with Crippen molar-refractivity contribution < 1.29 is 15.0 Å². The second kappa shape index (κ2) is 29.4. The van der Waals surface area contributed by atoms with E-state index in [2.05, 4.69) is 73.8 Å². The molecule has 4 nitrogen and oxygen atoms in total.